The van der Waals surface area contributed by atoms with E-state index >= 15 is 0 Å². The number of hydrogen-bond donors (Lipinski definition) is 0. The predicted molar refractivity (Wildman–Crippen MR) is 105 cm³/mol. The van der Waals surface area contributed by atoms with Crippen LogP contribution in [0.5, 0.6) is 11.5 Å². The van der Waals surface area contributed by atoms with Gasteiger partial charge in [-0.1, -0.05) is 12.1 Å². The number of rotatable bonds is 5. The van der Waals surface area contributed by atoms with Crippen LogP contribution in [0.15, 0.2) is 29.6 Å². The largest absolute Gasteiger partial charge is 0.486 e. The van der Waals surface area contributed by atoms with Crippen molar-refractivity contribution in [3.63, 3.8) is 0 Å². The van der Waals surface area contributed by atoms with Gasteiger partial charge in [-0.05, 0) is 43.4 Å². The topological polar surface area (TPSA) is 65.1 Å². The number of likely N-dealkylation sites (N-methyl/N-ethyl adjacent to an activating group) is 1. The first kappa shape index (κ1) is 18.8. The highest BCUT2D eigenvalue weighted by atomic mass is 32.1. The molecule has 6 nitrogen and oxygen atoms in total. The van der Waals surface area contributed by atoms with Crippen LogP contribution < -0.4 is 9.47 Å². The van der Waals surface area contributed by atoms with Crippen molar-refractivity contribution >= 4 is 23.2 Å². The first-order chi connectivity index (χ1) is 13.6. The number of esters is 1. The van der Waals surface area contributed by atoms with Gasteiger partial charge < -0.3 is 19.1 Å². The van der Waals surface area contributed by atoms with Crippen molar-refractivity contribution < 1.29 is 23.8 Å². The summed E-state index contributed by atoms with van der Waals surface area (Å²) in [5, 5.41) is 1.86. The van der Waals surface area contributed by atoms with E-state index in [1.807, 2.05) is 29.6 Å². The number of thiophene rings is 1. The highest BCUT2D eigenvalue weighted by molar-refractivity contribution is 7.10. The maximum atomic E-state index is 12.4. The number of benzene rings is 1. The maximum Gasteiger partial charge on any atom is 0.339 e. The third kappa shape index (κ3) is 3.99. The molecule has 0 radical (unpaired) electrons. The van der Waals surface area contributed by atoms with Gasteiger partial charge in [0.2, 0.25) is 0 Å². The molecule has 1 amide bonds. The van der Waals surface area contributed by atoms with E-state index in [9.17, 15) is 9.59 Å². The van der Waals surface area contributed by atoms with Crippen LogP contribution in [0.3, 0.4) is 0 Å². The monoisotopic (exact) mass is 401 g/mol. The first-order valence-corrected chi connectivity index (χ1v) is 10.4. The smallest absolute Gasteiger partial charge is 0.339 e. The summed E-state index contributed by atoms with van der Waals surface area (Å²) >= 11 is 1.61. The lowest BCUT2D eigenvalue weighted by atomic mass is 9.96. The molecule has 2 aliphatic rings. The highest BCUT2D eigenvalue weighted by Crippen LogP contribution is 2.31. The summed E-state index contributed by atoms with van der Waals surface area (Å²) in [6, 6.07) is 7.45. The highest BCUT2D eigenvalue weighted by Gasteiger charge is 2.25. The van der Waals surface area contributed by atoms with E-state index in [0.717, 1.165) is 24.8 Å². The molecule has 0 spiro atoms. The fraction of sp³-hybridized carbons (Fsp3) is 0.429. The third-order valence-electron chi connectivity index (χ3n) is 5.08. The zero-order valence-corrected chi connectivity index (χ0v) is 16.6. The fourth-order valence-electron chi connectivity index (χ4n) is 3.54. The number of amides is 1. The summed E-state index contributed by atoms with van der Waals surface area (Å²) in [5.41, 5.74) is 1.73. The summed E-state index contributed by atoms with van der Waals surface area (Å²) in [5.74, 6) is 0.709. The number of carbonyl (C=O) groups excluding carboxylic acids is 2. The lowest BCUT2D eigenvalue weighted by Gasteiger charge is -2.29. The van der Waals surface area contributed by atoms with Crippen LogP contribution in [0.1, 0.15) is 33.6 Å². The average molecular weight is 401 g/mol. The van der Waals surface area contributed by atoms with Crippen LogP contribution >= 0.6 is 11.3 Å². The summed E-state index contributed by atoms with van der Waals surface area (Å²) in [6.45, 7) is 0.456. The SMILES string of the molecule is CN(C[C@H]1COc2ccccc2O1)C(=O)COC(=O)c1csc2c1CCCC2. The van der Waals surface area contributed by atoms with Crippen LogP contribution in [0.25, 0.3) is 0 Å². The van der Waals surface area contributed by atoms with E-state index in [1.54, 1.807) is 18.4 Å². The number of hydrogen-bond acceptors (Lipinski definition) is 6. The lowest BCUT2D eigenvalue weighted by molar-refractivity contribution is -0.134. The molecular formula is C21H23NO5S. The van der Waals surface area contributed by atoms with Crippen LogP contribution in [-0.4, -0.2) is 49.7 Å². The molecule has 1 aliphatic heterocycles. The van der Waals surface area contributed by atoms with Gasteiger partial charge in [-0.2, -0.15) is 0 Å². The Hall–Kier alpha value is -2.54. The zero-order valence-electron chi connectivity index (χ0n) is 15.8. The molecule has 1 aliphatic carbocycles. The molecule has 1 aromatic heterocycles. The van der Waals surface area contributed by atoms with Gasteiger partial charge in [-0.25, -0.2) is 4.79 Å². The number of aryl methyl sites for hydroxylation is 1. The van der Waals surface area contributed by atoms with E-state index < -0.39 is 5.97 Å². The van der Waals surface area contributed by atoms with E-state index in [-0.39, 0.29) is 18.6 Å². The standard InChI is InChI=1S/C21H23NO5S/c1-22(10-14-11-25-17-7-3-4-8-18(17)27-14)20(23)12-26-21(24)16-13-28-19-9-5-2-6-15(16)19/h3-4,7-8,13-14H,2,5-6,9-12H2,1H3/t14-/m0/s1. The van der Waals surface area contributed by atoms with E-state index in [2.05, 4.69) is 0 Å². The van der Waals surface area contributed by atoms with Crippen LogP contribution in [0, 0.1) is 0 Å². The number of para-hydroxylation sites is 2. The van der Waals surface area contributed by atoms with Crippen LogP contribution in [0.4, 0.5) is 0 Å². The second-order valence-electron chi connectivity index (χ2n) is 7.11. The second kappa shape index (κ2) is 8.22. The molecule has 148 valence electrons. The second-order valence-corrected chi connectivity index (χ2v) is 8.07. The summed E-state index contributed by atoms with van der Waals surface area (Å²) < 4.78 is 16.8. The third-order valence-corrected chi connectivity index (χ3v) is 6.17. The molecule has 7 heteroatoms. The Kier molecular flexibility index (Phi) is 5.52. The molecule has 0 saturated carbocycles. The minimum atomic E-state index is -0.410. The van der Waals surface area contributed by atoms with Crippen molar-refractivity contribution in [3.05, 3.63) is 45.6 Å². The molecule has 28 heavy (non-hydrogen) atoms. The normalized spacial score (nSPS) is 17.5. The quantitative estimate of drug-likeness (QED) is 0.721. The van der Waals surface area contributed by atoms with Gasteiger partial charge in [0, 0.05) is 17.3 Å². The number of fused-ring (bicyclic) bond motifs is 2. The van der Waals surface area contributed by atoms with E-state index in [0.29, 0.717) is 30.2 Å². The van der Waals surface area contributed by atoms with Gasteiger partial charge in [-0.3, -0.25) is 4.79 Å². The fourth-order valence-corrected chi connectivity index (χ4v) is 4.66. The summed E-state index contributed by atoms with van der Waals surface area (Å²) in [7, 11) is 1.67. The molecule has 1 aromatic carbocycles. The minimum Gasteiger partial charge on any atom is -0.486 e. The Balaban J connectivity index is 1.28. The molecule has 0 bridgehead atoms. The van der Waals surface area contributed by atoms with Crippen molar-refractivity contribution in [2.45, 2.75) is 31.8 Å². The van der Waals surface area contributed by atoms with Gasteiger partial charge in [-0.15, -0.1) is 11.3 Å². The Morgan fingerprint density at radius 3 is 2.86 bits per heavy atom. The number of carbonyl (C=O) groups is 2. The Labute approximate surface area is 168 Å². The molecule has 0 unspecified atom stereocenters. The molecule has 0 N–H and O–H groups in total. The van der Waals surface area contributed by atoms with Crippen molar-refractivity contribution in [2.24, 2.45) is 0 Å². The summed E-state index contributed by atoms with van der Waals surface area (Å²) in [6.07, 6.45) is 3.95. The van der Waals surface area contributed by atoms with Crippen molar-refractivity contribution in [1.82, 2.24) is 4.90 Å². The summed E-state index contributed by atoms with van der Waals surface area (Å²) in [4.78, 5) is 27.6. The molecule has 0 fully saturated rings. The van der Waals surface area contributed by atoms with Gasteiger partial charge in [0.15, 0.2) is 24.2 Å². The van der Waals surface area contributed by atoms with Crippen LogP contribution in [0.2, 0.25) is 0 Å². The van der Waals surface area contributed by atoms with E-state index in [1.165, 1.54) is 16.2 Å². The predicted octanol–water partition coefficient (Wildman–Crippen LogP) is 3.08. The van der Waals surface area contributed by atoms with Crippen molar-refractivity contribution in [3.8, 4) is 11.5 Å². The first-order valence-electron chi connectivity index (χ1n) is 9.50. The molecule has 2 heterocycles. The lowest BCUT2D eigenvalue weighted by Crippen LogP contribution is -2.43. The zero-order chi connectivity index (χ0) is 19.5. The molecule has 4 rings (SSSR count). The van der Waals surface area contributed by atoms with Gasteiger partial charge in [0.1, 0.15) is 6.61 Å². The Morgan fingerprint density at radius 1 is 1.21 bits per heavy atom. The number of ether oxygens (including phenoxy) is 3. The molecular weight excluding hydrogens is 378 g/mol. The minimum absolute atomic E-state index is 0.261. The Bertz CT molecular complexity index is 877. The molecule has 2 aromatic rings. The van der Waals surface area contributed by atoms with Crippen molar-refractivity contribution in [2.75, 3.05) is 26.8 Å². The average Bonchev–Trinajstić information content (AvgIpc) is 3.16. The van der Waals surface area contributed by atoms with E-state index in [4.69, 9.17) is 14.2 Å². The van der Waals surface area contributed by atoms with Crippen LogP contribution in [-0.2, 0) is 22.4 Å². The van der Waals surface area contributed by atoms with Gasteiger partial charge in [0.25, 0.3) is 5.91 Å². The maximum absolute atomic E-state index is 12.4. The molecule has 1 atom stereocenters. The molecule has 0 saturated heterocycles. The number of nitrogens with zero attached hydrogens (tertiary/aromatic N) is 1. The van der Waals surface area contributed by atoms with Crippen molar-refractivity contribution in [1.29, 1.82) is 0 Å². The Morgan fingerprint density at radius 2 is 2.00 bits per heavy atom. The van der Waals surface area contributed by atoms with Gasteiger partial charge in [0.05, 0.1) is 12.1 Å². The van der Waals surface area contributed by atoms with Gasteiger partial charge >= 0.3 is 5.97 Å².